The van der Waals surface area contributed by atoms with E-state index < -0.39 is 0 Å². The molecule has 0 aliphatic carbocycles. The molecule has 0 bridgehead atoms. The number of rotatable bonds is 6. The highest BCUT2D eigenvalue weighted by Crippen LogP contribution is 2.20. The molecule has 0 aromatic heterocycles. The number of Topliss-reactive ketones (excluding diaryl/α,β-unsaturated/α-hetero) is 1. The van der Waals surface area contributed by atoms with E-state index in [1.807, 2.05) is 32.6 Å². The summed E-state index contributed by atoms with van der Waals surface area (Å²) in [5.74, 6) is 1.64. The summed E-state index contributed by atoms with van der Waals surface area (Å²) in [7, 11) is 0. The highest BCUT2D eigenvalue weighted by molar-refractivity contribution is 5.82. The number of nitrogens with zero attached hydrogens (tertiary/aromatic N) is 3. The first-order valence-corrected chi connectivity index (χ1v) is 9.63. The van der Waals surface area contributed by atoms with Gasteiger partial charge in [0.15, 0.2) is 0 Å². The van der Waals surface area contributed by atoms with Gasteiger partial charge in [0.2, 0.25) is 5.91 Å². The quantitative estimate of drug-likeness (QED) is 0.740. The Kier molecular flexibility index (Phi) is 7.23. The second-order valence-corrected chi connectivity index (χ2v) is 8.12. The molecule has 0 N–H and O–H groups in total. The average molecular weight is 338 g/mol. The third-order valence-electron chi connectivity index (χ3n) is 5.42. The molecule has 2 aliphatic rings. The first kappa shape index (κ1) is 19.4. The highest BCUT2D eigenvalue weighted by atomic mass is 16.2. The summed E-state index contributed by atoms with van der Waals surface area (Å²) in [6.07, 6.45) is 2.38. The van der Waals surface area contributed by atoms with Gasteiger partial charge in [-0.3, -0.25) is 19.4 Å². The van der Waals surface area contributed by atoms with Crippen molar-refractivity contribution in [3.63, 3.8) is 0 Å². The molecule has 2 saturated heterocycles. The number of piperidine rings is 1. The second-order valence-electron chi connectivity index (χ2n) is 8.12. The van der Waals surface area contributed by atoms with Crippen molar-refractivity contribution in [3.8, 4) is 0 Å². The Morgan fingerprint density at radius 1 is 0.833 bits per heavy atom. The zero-order valence-corrected chi connectivity index (χ0v) is 16.0. The predicted molar refractivity (Wildman–Crippen MR) is 96.9 cm³/mol. The molecule has 0 spiro atoms. The summed E-state index contributed by atoms with van der Waals surface area (Å²) in [6, 6.07) is 0. The highest BCUT2D eigenvalue weighted by Gasteiger charge is 2.26. The summed E-state index contributed by atoms with van der Waals surface area (Å²) in [6.45, 7) is 15.6. The van der Waals surface area contributed by atoms with E-state index in [2.05, 4.69) is 9.80 Å². The van der Waals surface area contributed by atoms with Gasteiger partial charge in [0.25, 0.3) is 0 Å². The minimum absolute atomic E-state index is 0.106. The molecule has 2 fully saturated rings. The van der Waals surface area contributed by atoms with Crippen molar-refractivity contribution in [2.45, 2.75) is 40.5 Å². The normalized spacial score (nSPS) is 21.7. The van der Waals surface area contributed by atoms with Gasteiger partial charge < -0.3 is 4.90 Å². The molecule has 0 aromatic rings. The molecule has 2 aliphatic heterocycles. The van der Waals surface area contributed by atoms with Crippen LogP contribution in [0.1, 0.15) is 40.5 Å². The van der Waals surface area contributed by atoms with Gasteiger partial charge in [-0.05, 0) is 31.8 Å². The molecule has 138 valence electrons. The smallest absolute Gasteiger partial charge is 0.225 e. The first-order chi connectivity index (χ1) is 11.4. The lowest BCUT2D eigenvalue weighted by molar-refractivity contribution is -0.136. The number of piperazine rings is 1. The van der Waals surface area contributed by atoms with Crippen molar-refractivity contribution >= 4 is 11.7 Å². The lowest BCUT2D eigenvalue weighted by Crippen LogP contribution is -2.51. The van der Waals surface area contributed by atoms with Crippen LogP contribution in [0.25, 0.3) is 0 Å². The van der Waals surface area contributed by atoms with Crippen molar-refractivity contribution in [2.24, 2.45) is 17.8 Å². The summed E-state index contributed by atoms with van der Waals surface area (Å²) in [4.78, 5) is 30.8. The summed E-state index contributed by atoms with van der Waals surface area (Å²) < 4.78 is 0. The topological polar surface area (TPSA) is 43.9 Å². The zero-order chi connectivity index (χ0) is 17.7. The molecule has 0 radical (unpaired) electrons. The molecular weight excluding hydrogens is 302 g/mol. The van der Waals surface area contributed by atoms with E-state index in [1.54, 1.807) is 0 Å². The molecule has 0 unspecified atom stereocenters. The lowest BCUT2D eigenvalue weighted by Gasteiger charge is -2.39. The second kappa shape index (κ2) is 8.95. The third kappa shape index (κ3) is 5.55. The number of carbonyl (C=O) groups excluding carboxylic acids is 2. The fourth-order valence-corrected chi connectivity index (χ4v) is 3.61. The van der Waals surface area contributed by atoms with Crippen LogP contribution in [0.5, 0.6) is 0 Å². The summed E-state index contributed by atoms with van der Waals surface area (Å²) in [5.41, 5.74) is 0. The monoisotopic (exact) mass is 337 g/mol. The van der Waals surface area contributed by atoms with Gasteiger partial charge in [0.05, 0.1) is 6.54 Å². The molecule has 0 saturated carbocycles. The van der Waals surface area contributed by atoms with Gasteiger partial charge in [0.1, 0.15) is 5.78 Å². The van der Waals surface area contributed by atoms with Crippen molar-refractivity contribution in [1.82, 2.24) is 14.7 Å². The van der Waals surface area contributed by atoms with Crippen LogP contribution >= 0.6 is 0 Å². The van der Waals surface area contributed by atoms with Gasteiger partial charge in [0, 0.05) is 44.6 Å². The largest absolute Gasteiger partial charge is 0.340 e. The summed E-state index contributed by atoms with van der Waals surface area (Å²) >= 11 is 0. The number of amides is 1. The van der Waals surface area contributed by atoms with Crippen LogP contribution in [0.2, 0.25) is 0 Å². The molecule has 0 aromatic carbocycles. The first-order valence-electron chi connectivity index (χ1n) is 9.63. The van der Waals surface area contributed by atoms with Gasteiger partial charge in [-0.25, -0.2) is 0 Å². The fraction of sp³-hybridized carbons (Fsp3) is 0.895. The SMILES string of the molecule is CC(C)C(=O)CN1CCC(CN2CCN(C(=O)C(C)C)CC2)CC1. The van der Waals surface area contributed by atoms with Gasteiger partial charge in [-0.2, -0.15) is 0 Å². The standard InChI is InChI=1S/C19H35N3O2/c1-15(2)18(23)14-20-7-5-17(6-8-20)13-21-9-11-22(12-10-21)19(24)16(3)4/h15-17H,5-14H2,1-4H3. The molecule has 24 heavy (non-hydrogen) atoms. The third-order valence-corrected chi connectivity index (χ3v) is 5.42. The minimum Gasteiger partial charge on any atom is -0.340 e. The Hall–Kier alpha value is -0.940. The molecule has 2 rings (SSSR count). The molecular formula is C19H35N3O2. The number of ketones is 1. The Morgan fingerprint density at radius 3 is 1.92 bits per heavy atom. The fourth-order valence-electron chi connectivity index (χ4n) is 3.61. The van der Waals surface area contributed by atoms with Crippen LogP contribution < -0.4 is 0 Å². The Balaban J connectivity index is 1.66. The Bertz CT molecular complexity index is 420. The van der Waals surface area contributed by atoms with E-state index in [0.717, 1.165) is 51.7 Å². The Morgan fingerprint density at radius 2 is 1.42 bits per heavy atom. The van der Waals surface area contributed by atoms with E-state index in [4.69, 9.17) is 0 Å². The maximum absolute atomic E-state index is 12.0. The number of carbonyl (C=O) groups is 2. The van der Waals surface area contributed by atoms with E-state index in [0.29, 0.717) is 12.3 Å². The summed E-state index contributed by atoms with van der Waals surface area (Å²) in [5, 5.41) is 0. The van der Waals surface area contributed by atoms with Gasteiger partial charge in [-0.15, -0.1) is 0 Å². The van der Waals surface area contributed by atoms with Crippen LogP contribution in [0.3, 0.4) is 0 Å². The number of likely N-dealkylation sites (tertiary alicyclic amines) is 1. The molecule has 2 heterocycles. The number of hydrogen-bond acceptors (Lipinski definition) is 4. The van der Waals surface area contributed by atoms with E-state index in [-0.39, 0.29) is 17.7 Å². The molecule has 5 nitrogen and oxygen atoms in total. The molecule has 5 heteroatoms. The molecule has 1 amide bonds. The van der Waals surface area contributed by atoms with E-state index in [9.17, 15) is 9.59 Å². The van der Waals surface area contributed by atoms with E-state index >= 15 is 0 Å². The average Bonchev–Trinajstić information content (AvgIpc) is 2.56. The van der Waals surface area contributed by atoms with Crippen molar-refractivity contribution < 1.29 is 9.59 Å². The number of hydrogen-bond donors (Lipinski definition) is 0. The van der Waals surface area contributed by atoms with E-state index in [1.165, 1.54) is 12.8 Å². The van der Waals surface area contributed by atoms with Crippen LogP contribution in [0, 0.1) is 17.8 Å². The zero-order valence-electron chi connectivity index (χ0n) is 16.0. The van der Waals surface area contributed by atoms with Crippen LogP contribution in [-0.4, -0.2) is 78.7 Å². The lowest BCUT2D eigenvalue weighted by atomic mass is 9.95. The maximum atomic E-state index is 12.0. The van der Waals surface area contributed by atoms with Crippen molar-refractivity contribution in [2.75, 3.05) is 52.4 Å². The van der Waals surface area contributed by atoms with Crippen molar-refractivity contribution in [3.05, 3.63) is 0 Å². The predicted octanol–water partition coefficient (Wildman–Crippen LogP) is 1.72. The van der Waals surface area contributed by atoms with Crippen LogP contribution in [0.4, 0.5) is 0 Å². The van der Waals surface area contributed by atoms with Gasteiger partial charge >= 0.3 is 0 Å². The van der Waals surface area contributed by atoms with Crippen LogP contribution in [0.15, 0.2) is 0 Å². The van der Waals surface area contributed by atoms with Crippen LogP contribution in [-0.2, 0) is 9.59 Å². The molecule has 0 atom stereocenters. The van der Waals surface area contributed by atoms with Crippen molar-refractivity contribution in [1.29, 1.82) is 0 Å². The maximum Gasteiger partial charge on any atom is 0.225 e. The Labute approximate surface area is 147 Å². The van der Waals surface area contributed by atoms with Gasteiger partial charge in [-0.1, -0.05) is 27.7 Å². The minimum atomic E-state index is 0.106.